The molecule has 1 aromatic rings. The quantitative estimate of drug-likeness (QED) is 0.710. The Bertz CT molecular complexity index is 392. The van der Waals surface area contributed by atoms with Crippen LogP contribution in [-0.4, -0.2) is 23.8 Å². The SMILES string of the molecule is Cc1ccccc1[C@H]1NCC[C@H]1NC(=O)O. The molecular formula is C12H16N2O2. The predicted octanol–water partition coefficient (Wildman–Crippen LogP) is 1.67. The highest BCUT2D eigenvalue weighted by molar-refractivity contribution is 5.65. The lowest BCUT2D eigenvalue weighted by atomic mass is 9.97. The second kappa shape index (κ2) is 4.53. The molecule has 1 fully saturated rings. The van der Waals surface area contributed by atoms with Crippen LogP contribution in [0.1, 0.15) is 23.6 Å². The van der Waals surface area contributed by atoms with Gasteiger partial charge in [-0.05, 0) is 31.0 Å². The average molecular weight is 220 g/mol. The summed E-state index contributed by atoms with van der Waals surface area (Å²) in [5.41, 5.74) is 2.37. The van der Waals surface area contributed by atoms with Gasteiger partial charge < -0.3 is 15.7 Å². The summed E-state index contributed by atoms with van der Waals surface area (Å²) in [6, 6.07) is 8.14. The molecule has 0 unspecified atom stereocenters. The van der Waals surface area contributed by atoms with E-state index in [1.807, 2.05) is 25.1 Å². The lowest BCUT2D eigenvalue weighted by Gasteiger charge is -2.21. The lowest BCUT2D eigenvalue weighted by molar-refractivity contribution is 0.188. The molecule has 1 aliphatic heterocycles. The summed E-state index contributed by atoms with van der Waals surface area (Å²) >= 11 is 0. The maximum atomic E-state index is 10.7. The molecule has 4 heteroatoms. The first kappa shape index (κ1) is 11.0. The molecule has 1 aromatic carbocycles. The van der Waals surface area contributed by atoms with Crippen LogP contribution in [-0.2, 0) is 0 Å². The van der Waals surface area contributed by atoms with Crippen LogP contribution < -0.4 is 10.6 Å². The van der Waals surface area contributed by atoms with Gasteiger partial charge in [0.05, 0.1) is 12.1 Å². The Balaban J connectivity index is 2.20. The zero-order chi connectivity index (χ0) is 11.5. The first-order valence-electron chi connectivity index (χ1n) is 5.47. The van der Waals surface area contributed by atoms with Crippen LogP contribution in [0.5, 0.6) is 0 Å². The van der Waals surface area contributed by atoms with Gasteiger partial charge in [-0.2, -0.15) is 0 Å². The van der Waals surface area contributed by atoms with E-state index >= 15 is 0 Å². The van der Waals surface area contributed by atoms with Crippen molar-refractivity contribution in [2.45, 2.75) is 25.4 Å². The van der Waals surface area contributed by atoms with Crippen molar-refractivity contribution in [1.82, 2.24) is 10.6 Å². The minimum Gasteiger partial charge on any atom is -0.465 e. The number of hydrogen-bond acceptors (Lipinski definition) is 2. The van der Waals surface area contributed by atoms with Crippen molar-refractivity contribution in [3.05, 3.63) is 35.4 Å². The van der Waals surface area contributed by atoms with Gasteiger partial charge in [0, 0.05) is 0 Å². The Labute approximate surface area is 94.7 Å². The fourth-order valence-corrected chi connectivity index (χ4v) is 2.28. The Morgan fingerprint density at radius 2 is 2.25 bits per heavy atom. The van der Waals surface area contributed by atoms with E-state index in [-0.39, 0.29) is 12.1 Å². The Kier molecular flexibility index (Phi) is 3.10. The largest absolute Gasteiger partial charge is 0.465 e. The Morgan fingerprint density at radius 1 is 1.50 bits per heavy atom. The Morgan fingerprint density at radius 3 is 2.94 bits per heavy atom. The van der Waals surface area contributed by atoms with Crippen LogP contribution in [0.4, 0.5) is 4.79 Å². The third-order valence-electron chi connectivity index (χ3n) is 3.05. The third-order valence-corrected chi connectivity index (χ3v) is 3.05. The molecule has 0 aliphatic carbocycles. The summed E-state index contributed by atoms with van der Waals surface area (Å²) in [6.07, 6.45) is -0.113. The number of aryl methyl sites for hydroxylation is 1. The van der Waals surface area contributed by atoms with Crippen LogP contribution in [0.3, 0.4) is 0 Å². The molecule has 86 valence electrons. The molecule has 1 saturated heterocycles. The fourth-order valence-electron chi connectivity index (χ4n) is 2.28. The van der Waals surface area contributed by atoms with E-state index in [0.29, 0.717) is 0 Å². The minimum atomic E-state index is -0.952. The van der Waals surface area contributed by atoms with Crippen LogP contribution in [0, 0.1) is 6.92 Å². The lowest BCUT2D eigenvalue weighted by Crippen LogP contribution is -2.37. The molecule has 1 heterocycles. The van der Waals surface area contributed by atoms with Gasteiger partial charge in [0.1, 0.15) is 0 Å². The van der Waals surface area contributed by atoms with Crippen molar-refractivity contribution in [2.24, 2.45) is 0 Å². The van der Waals surface area contributed by atoms with Crippen molar-refractivity contribution in [1.29, 1.82) is 0 Å². The third kappa shape index (κ3) is 2.17. The number of hydrogen-bond donors (Lipinski definition) is 3. The Hall–Kier alpha value is -1.55. The van der Waals surface area contributed by atoms with Crippen molar-refractivity contribution < 1.29 is 9.90 Å². The van der Waals surface area contributed by atoms with Gasteiger partial charge in [0.2, 0.25) is 0 Å². The number of carbonyl (C=O) groups is 1. The maximum Gasteiger partial charge on any atom is 0.404 e. The first-order valence-corrected chi connectivity index (χ1v) is 5.47. The topological polar surface area (TPSA) is 61.4 Å². The van der Waals surface area contributed by atoms with E-state index in [1.54, 1.807) is 0 Å². The molecule has 16 heavy (non-hydrogen) atoms. The van der Waals surface area contributed by atoms with Gasteiger partial charge in [0.15, 0.2) is 0 Å². The monoisotopic (exact) mass is 220 g/mol. The molecule has 0 saturated carbocycles. The number of nitrogens with one attached hydrogen (secondary N) is 2. The summed E-state index contributed by atoms with van der Waals surface area (Å²) in [4.78, 5) is 10.7. The highest BCUT2D eigenvalue weighted by Gasteiger charge is 2.29. The van der Waals surface area contributed by atoms with Crippen molar-refractivity contribution in [3.63, 3.8) is 0 Å². The standard InChI is InChI=1S/C12H16N2O2/c1-8-4-2-3-5-9(8)11-10(6-7-13-11)14-12(15)16/h2-5,10-11,13-14H,6-7H2,1H3,(H,15,16)/t10-,11-/m1/s1. The van der Waals surface area contributed by atoms with Gasteiger partial charge in [0.25, 0.3) is 0 Å². The van der Waals surface area contributed by atoms with Crippen LogP contribution in [0.25, 0.3) is 0 Å². The summed E-state index contributed by atoms with van der Waals surface area (Å²) in [5.74, 6) is 0. The number of carboxylic acid groups (broad SMARTS) is 1. The summed E-state index contributed by atoms with van der Waals surface area (Å²) in [5, 5.41) is 14.7. The summed E-state index contributed by atoms with van der Waals surface area (Å²) in [7, 11) is 0. The van der Waals surface area contributed by atoms with E-state index in [9.17, 15) is 4.79 Å². The minimum absolute atomic E-state index is 0.0291. The second-order valence-electron chi connectivity index (χ2n) is 4.13. The van der Waals surface area contributed by atoms with Gasteiger partial charge in [-0.25, -0.2) is 4.79 Å². The molecule has 0 bridgehead atoms. The van der Waals surface area contributed by atoms with Gasteiger partial charge in [-0.3, -0.25) is 0 Å². The molecular weight excluding hydrogens is 204 g/mol. The molecule has 1 amide bonds. The van der Waals surface area contributed by atoms with E-state index in [2.05, 4.69) is 16.7 Å². The van der Waals surface area contributed by atoms with E-state index in [1.165, 1.54) is 11.1 Å². The van der Waals surface area contributed by atoms with Crippen molar-refractivity contribution in [2.75, 3.05) is 6.54 Å². The average Bonchev–Trinajstić information content (AvgIpc) is 2.66. The maximum absolute atomic E-state index is 10.7. The van der Waals surface area contributed by atoms with E-state index in [4.69, 9.17) is 5.11 Å². The number of rotatable bonds is 2. The molecule has 3 N–H and O–H groups in total. The molecule has 2 atom stereocenters. The molecule has 0 aromatic heterocycles. The molecule has 4 nitrogen and oxygen atoms in total. The number of benzene rings is 1. The van der Waals surface area contributed by atoms with Crippen LogP contribution >= 0.6 is 0 Å². The predicted molar refractivity (Wildman–Crippen MR) is 61.5 cm³/mol. The van der Waals surface area contributed by atoms with Crippen LogP contribution in [0.15, 0.2) is 24.3 Å². The molecule has 0 radical (unpaired) electrons. The van der Waals surface area contributed by atoms with Gasteiger partial charge >= 0.3 is 6.09 Å². The molecule has 1 aliphatic rings. The normalized spacial score (nSPS) is 24.3. The van der Waals surface area contributed by atoms with Gasteiger partial charge in [-0.15, -0.1) is 0 Å². The smallest absolute Gasteiger partial charge is 0.404 e. The first-order chi connectivity index (χ1) is 7.68. The summed E-state index contributed by atoms with van der Waals surface area (Å²) < 4.78 is 0. The van der Waals surface area contributed by atoms with Crippen LogP contribution in [0.2, 0.25) is 0 Å². The number of amides is 1. The highest BCUT2D eigenvalue weighted by Crippen LogP contribution is 2.26. The van der Waals surface area contributed by atoms with Crippen molar-refractivity contribution >= 4 is 6.09 Å². The molecule has 0 spiro atoms. The fraction of sp³-hybridized carbons (Fsp3) is 0.417. The highest BCUT2D eigenvalue weighted by atomic mass is 16.4. The molecule has 2 rings (SSSR count). The summed E-state index contributed by atoms with van der Waals surface area (Å²) in [6.45, 7) is 2.90. The van der Waals surface area contributed by atoms with E-state index in [0.717, 1.165) is 13.0 Å². The zero-order valence-corrected chi connectivity index (χ0v) is 9.23. The van der Waals surface area contributed by atoms with Crippen molar-refractivity contribution in [3.8, 4) is 0 Å². The zero-order valence-electron chi connectivity index (χ0n) is 9.23. The van der Waals surface area contributed by atoms with Gasteiger partial charge in [-0.1, -0.05) is 24.3 Å². The van der Waals surface area contributed by atoms with E-state index < -0.39 is 6.09 Å². The second-order valence-corrected chi connectivity index (χ2v) is 4.13.